The molecule has 30 heavy (non-hydrogen) atoms. The van der Waals surface area contributed by atoms with Crippen molar-refractivity contribution in [3.63, 3.8) is 0 Å². The number of anilines is 1. The minimum absolute atomic E-state index is 0.0450. The first-order chi connectivity index (χ1) is 14.3. The minimum atomic E-state index is -3.83. The molecule has 6 nitrogen and oxygen atoms in total. The maximum Gasteiger partial charge on any atom is 0.264 e. The summed E-state index contributed by atoms with van der Waals surface area (Å²) in [6, 6.07) is 12.1. The van der Waals surface area contributed by atoms with Gasteiger partial charge in [-0.15, -0.1) is 0 Å². The quantitative estimate of drug-likeness (QED) is 0.585. The molecule has 0 radical (unpaired) electrons. The second kappa shape index (κ2) is 7.68. The molecule has 2 heterocycles. The first-order valence-electron chi connectivity index (χ1n) is 9.69. The third-order valence-electron chi connectivity index (χ3n) is 5.28. The summed E-state index contributed by atoms with van der Waals surface area (Å²) < 4.78 is 42.6. The van der Waals surface area contributed by atoms with Gasteiger partial charge in [0.15, 0.2) is 5.78 Å². The van der Waals surface area contributed by atoms with Crippen molar-refractivity contribution in [2.24, 2.45) is 7.05 Å². The number of rotatable bonds is 5. The number of hydrogen-bond donors (Lipinski definition) is 0. The number of ketones is 1. The molecule has 0 fully saturated rings. The summed E-state index contributed by atoms with van der Waals surface area (Å²) in [5.74, 6) is -0.569. The molecular formula is C22H22FN3O3S. The van der Waals surface area contributed by atoms with Crippen LogP contribution in [0.25, 0.3) is 0 Å². The zero-order valence-electron chi connectivity index (χ0n) is 16.8. The smallest absolute Gasteiger partial charge is 0.264 e. The van der Waals surface area contributed by atoms with E-state index in [-0.39, 0.29) is 17.1 Å². The van der Waals surface area contributed by atoms with Gasteiger partial charge in [0.2, 0.25) is 0 Å². The second-order valence-corrected chi connectivity index (χ2v) is 9.35. The van der Waals surface area contributed by atoms with E-state index in [9.17, 15) is 17.6 Å². The first-order valence-corrected chi connectivity index (χ1v) is 11.1. The third-order valence-corrected chi connectivity index (χ3v) is 7.11. The number of hydrogen-bond acceptors (Lipinski definition) is 4. The largest absolute Gasteiger partial charge is 0.292 e. The van der Waals surface area contributed by atoms with Gasteiger partial charge in [-0.1, -0.05) is 12.1 Å². The zero-order chi connectivity index (χ0) is 21.5. The molecule has 1 aliphatic rings. The van der Waals surface area contributed by atoms with Gasteiger partial charge >= 0.3 is 0 Å². The lowest BCUT2D eigenvalue weighted by atomic mass is 9.98. The summed E-state index contributed by atoms with van der Waals surface area (Å²) in [7, 11) is -2.10. The second-order valence-electron chi connectivity index (χ2n) is 7.49. The minimum Gasteiger partial charge on any atom is -0.292 e. The lowest BCUT2D eigenvalue weighted by molar-refractivity contribution is 0.0984. The third kappa shape index (κ3) is 3.75. The molecule has 156 valence electrons. The van der Waals surface area contributed by atoms with E-state index in [4.69, 9.17) is 0 Å². The fraction of sp³-hybridized carbons (Fsp3) is 0.273. The van der Waals surface area contributed by atoms with Crippen LogP contribution in [0.3, 0.4) is 0 Å². The fourth-order valence-corrected chi connectivity index (χ4v) is 5.36. The van der Waals surface area contributed by atoms with Crippen LogP contribution in [0.2, 0.25) is 0 Å². The number of halogens is 1. The van der Waals surface area contributed by atoms with Crippen LogP contribution in [0.15, 0.2) is 53.4 Å². The van der Waals surface area contributed by atoms with Crippen LogP contribution in [0.4, 0.5) is 10.1 Å². The van der Waals surface area contributed by atoms with Gasteiger partial charge in [0.05, 0.1) is 16.3 Å². The molecule has 3 aromatic rings. The van der Waals surface area contributed by atoms with Crippen molar-refractivity contribution in [3.8, 4) is 0 Å². The normalized spacial score (nSPS) is 13.9. The molecule has 0 unspecified atom stereocenters. The maximum atomic E-state index is 13.3. The van der Waals surface area contributed by atoms with Gasteiger partial charge in [-0.3, -0.25) is 13.8 Å². The predicted molar refractivity (Wildman–Crippen MR) is 112 cm³/mol. The van der Waals surface area contributed by atoms with E-state index in [0.29, 0.717) is 24.3 Å². The molecule has 8 heteroatoms. The molecule has 0 aliphatic carbocycles. The summed E-state index contributed by atoms with van der Waals surface area (Å²) in [5, 5.41) is 4.21. The molecule has 0 bridgehead atoms. The summed E-state index contributed by atoms with van der Waals surface area (Å²) in [6.45, 7) is 2.17. The summed E-state index contributed by atoms with van der Waals surface area (Å²) >= 11 is 0. The topological polar surface area (TPSA) is 72.3 Å². The summed E-state index contributed by atoms with van der Waals surface area (Å²) in [5.41, 5.74) is 3.51. The number of carbonyl (C=O) groups excluding carboxylic acids is 1. The van der Waals surface area contributed by atoms with Crippen molar-refractivity contribution in [1.29, 1.82) is 0 Å². The highest BCUT2D eigenvalue weighted by Gasteiger charge is 2.29. The fourth-order valence-electron chi connectivity index (χ4n) is 3.83. The molecule has 2 aromatic carbocycles. The molecule has 0 saturated heterocycles. The molecule has 1 aliphatic heterocycles. The Bertz CT molecular complexity index is 1220. The van der Waals surface area contributed by atoms with Crippen molar-refractivity contribution in [2.75, 3.05) is 10.8 Å². The molecule has 4 rings (SSSR count). The Morgan fingerprint density at radius 3 is 2.53 bits per heavy atom. The Morgan fingerprint density at radius 1 is 1.13 bits per heavy atom. The van der Waals surface area contributed by atoms with E-state index >= 15 is 0 Å². The molecule has 0 amide bonds. The number of aromatic nitrogens is 2. The molecule has 1 aromatic heterocycles. The molecule has 0 saturated carbocycles. The van der Waals surface area contributed by atoms with Gasteiger partial charge < -0.3 is 0 Å². The average molecular weight is 428 g/mol. The summed E-state index contributed by atoms with van der Waals surface area (Å²) in [4.78, 5) is 12.8. The van der Waals surface area contributed by atoms with E-state index in [1.165, 1.54) is 16.4 Å². The van der Waals surface area contributed by atoms with E-state index in [0.717, 1.165) is 35.4 Å². The van der Waals surface area contributed by atoms with Crippen molar-refractivity contribution in [3.05, 3.63) is 76.9 Å². The van der Waals surface area contributed by atoms with Crippen LogP contribution in [-0.4, -0.2) is 30.5 Å². The van der Waals surface area contributed by atoms with E-state index in [1.807, 2.05) is 19.1 Å². The Hall–Kier alpha value is -3.00. The highest BCUT2D eigenvalue weighted by atomic mass is 32.2. The SMILES string of the molecule is Cc1cc(C(=O)Cc2ccc3c(c2)N(S(=O)(=O)c2ccc(F)cc2)CCC3)n(C)n1. The van der Waals surface area contributed by atoms with Crippen LogP contribution in [0, 0.1) is 12.7 Å². The highest BCUT2D eigenvalue weighted by Crippen LogP contribution is 2.33. The van der Waals surface area contributed by atoms with Gasteiger partial charge in [-0.2, -0.15) is 5.10 Å². The number of Topliss-reactive ketones (excluding diaryl/α,β-unsaturated/α-hetero) is 1. The average Bonchev–Trinajstić information content (AvgIpc) is 3.06. The van der Waals surface area contributed by atoms with Crippen molar-refractivity contribution < 1.29 is 17.6 Å². The number of carbonyl (C=O) groups is 1. The molecular weight excluding hydrogens is 405 g/mol. The van der Waals surface area contributed by atoms with E-state index < -0.39 is 15.8 Å². The van der Waals surface area contributed by atoms with Crippen LogP contribution in [0.1, 0.15) is 33.7 Å². The number of fused-ring (bicyclic) bond motifs is 1. The monoisotopic (exact) mass is 427 g/mol. The highest BCUT2D eigenvalue weighted by molar-refractivity contribution is 7.92. The Morgan fingerprint density at radius 2 is 1.87 bits per heavy atom. The predicted octanol–water partition coefficient (Wildman–Crippen LogP) is 3.43. The number of benzene rings is 2. The van der Waals surface area contributed by atoms with Crippen LogP contribution >= 0.6 is 0 Å². The van der Waals surface area contributed by atoms with Crippen molar-refractivity contribution >= 4 is 21.5 Å². The summed E-state index contributed by atoms with van der Waals surface area (Å²) in [6.07, 6.45) is 1.61. The molecule has 0 N–H and O–H groups in total. The van der Waals surface area contributed by atoms with Gasteiger partial charge in [-0.25, -0.2) is 12.8 Å². The van der Waals surface area contributed by atoms with Gasteiger partial charge in [0.25, 0.3) is 10.0 Å². The number of aryl methyl sites for hydroxylation is 3. The lowest BCUT2D eigenvalue weighted by Gasteiger charge is -2.31. The van der Waals surface area contributed by atoms with E-state index in [1.54, 1.807) is 23.9 Å². The van der Waals surface area contributed by atoms with Crippen LogP contribution in [-0.2, 0) is 29.9 Å². The van der Waals surface area contributed by atoms with Gasteiger partial charge in [0, 0.05) is 20.0 Å². The van der Waals surface area contributed by atoms with Crippen LogP contribution in [0.5, 0.6) is 0 Å². The lowest BCUT2D eigenvalue weighted by Crippen LogP contribution is -2.35. The zero-order valence-corrected chi connectivity index (χ0v) is 17.6. The Balaban J connectivity index is 1.67. The first kappa shape index (κ1) is 20.3. The van der Waals surface area contributed by atoms with E-state index in [2.05, 4.69) is 5.10 Å². The van der Waals surface area contributed by atoms with Gasteiger partial charge in [0.1, 0.15) is 11.5 Å². The van der Waals surface area contributed by atoms with Crippen molar-refractivity contribution in [1.82, 2.24) is 9.78 Å². The Kier molecular flexibility index (Phi) is 5.19. The van der Waals surface area contributed by atoms with Crippen molar-refractivity contribution in [2.45, 2.75) is 31.1 Å². The Labute approximate surface area is 175 Å². The number of nitrogens with zero attached hydrogens (tertiary/aromatic N) is 3. The maximum absolute atomic E-state index is 13.3. The molecule has 0 spiro atoms. The number of sulfonamides is 1. The van der Waals surface area contributed by atoms with Gasteiger partial charge in [-0.05, 0) is 67.3 Å². The standard InChI is InChI=1S/C22H22FN3O3S/c1-15-12-21(25(2)24-15)22(27)14-16-5-6-17-4-3-11-26(20(17)13-16)30(28,29)19-9-7-18(23)8-10-19/h5-10,12-13H,3-4,11,14H2,1-2H3. The molecule has 0 atom stereocenters. The van der Waals surface area contributed by atoms with Crippen LogP contribution < -0.4 is 4.31 Å².